The molecule has 1 heterocycles. The summed E-state index contributed by atoms with van der Waals surface area (Å²) in [5, 5.41) is 3.87. The van der Waals surface area contributed by atoms with Crippen LogP contribution in [0.1, 0.15) is 20.3 Å². The highest BCUT2D eigenvalue weighted by Gasteiger charge is 2.13. The molecule has 0 aliphatic heterocycles. The zero-order valence-electron chi connectivity index (χ0n) is 17.1. The molecule has 0 radical (unpaired) electrons. The Bertz CT molecular complexity index is 873. The normalized spacial score (nSPS) is 11.3. The maximum atomic E-state index is 12.9. The number of amides is 1. The SMILES string of the molecule is COCCn1c(SCC(=O)NCCOCCC(C)C)nc2ccc(Br)cc2c1=O. The Balaban J connectivity index is 1.98. The lowest BCUT2D eigenvalue weighted by Crippen LogP contribution is -2.30. The molecule has 0 saturated carbocycles. The van der Waals surface area contributed by atoms with Crippen LogP contribution in [0.4, 0.5) is 0 Å². The second-order valence-corrected chi connectivity index (χ2v) is 8.80. The molecule has 0 aliphatic carbocycles. The molecular weight excluding hydrogens is 458 g/mol. The summed E-state index contributed by atoms with van der Waals surface area (Å²) in [5.41, 5.74) is 0.461. The quantitative estimate of drug-likeness (QED) is 0.282. The van der Waals surface area contributed by atoms with Gasteiger partial charge in [-0.3, -0.25) is 14.2 Å². The highest BCUT2D eigenvalue weighted by atomic mass is 79.9. The molecule has 0 bridgehead atoms. The molecule has 1 amide bonds. The van der Waals surface area contributed by atoms with Crippen molar-refractivity contribution >= 4 is 44.5 Å². The summed E-state index contributed by atoms with van der Waals surface area (Å²) < 4.78 is 13.0. The standard InChI is InChI=1S/C20H28BrN3O4S/c1-14(2)6-9-28-10-7-22-18(25)13-29-20-23-17-5-4-15(21)12-16(17)19(26)24(20)8-11-27-3/h4-5,12,14H,6-11,13H2,1-3H3,(H,22,25). The largest absolute Gasteiger partial charge is 0.383 e. The summed E-state index contributed by atoms with van der Waals surface area (Å²) >= 11 is 4.63. The van der Waals surface area contributed by atoms with E-state index in [0.29, 0.717) is 54.9 Å². The van der Waals surface area contributed by atoms with Crippen LogP contribution in [0.3, 0.4) is 0 Å². The van der Waals surface area contributed by atoms with Crippen LogP contribution in [0.5, 0.6) is 0 Å². The fourth-order valence-electron chi connectivity index (χ4n) is 2.53. The van der Waals surface area contributed by atoms with Gasteiger partial charge in [0.1, 0.15) is 0 Å². The van der Waals surface area contributed by atoms with E-state index in [1.54, 1.807) is 23.8 Å². The molecule has 0 unspecified atom stereocenters. The summed E-state index contributed by atoms with van der Waals surface area (Å²) in [7, 11) is 1.58. The molecule has 0 aliphatic rings. The van der Waals surface area contributed by atoms with Crippen LogP contribution in [-0.4, -0.2) is 54.7 Å². The smallest absolute Gasteiger partial charge is 0.262 e. The third-order valence-electron chi connectivity index (χ3n) is 4.14. The Morgan fingerprint density at radius 3 is 2.83 bits per heavy atom. The summed E-state index contributed by atoms with van der Waals surface area (Å²) in [6.07, 6.45) is 1.01. The van der Waals surface area contributed by atoms with E-state index in [1.165, 1.54) is 11.8 Å². The Morgan fingerprint density at radius 1 is 1.31 bits per heavy atom. The number of fused-ring (bicyclic) bond motifs is 1. The van der Waals surface area contributed by atoms with E-state index in [0.717, 1.165) is 10.9 Å². The summed E-state index contributed by atoms with van der Waals surface area (Å²) in [6.45, 7) is 6.71. The molecule has 1 aromatic carbocycles. The Hall–Kier alpha value is -1.42. The van der Waals surface area contributed by atoms with Crippen LogP contribution in [0, 0.1) is 5.92 Å². The molecular formula is C20H28BrN3O4S. The van der Waals surface area contributed by atoms with Crippen LogP contribution in [0.15, 0.2) is 32.6 Å². The number of rotatable bonds is 12. The number of halogens is 1. The maximum Gasteiger partial charge on any atom is 0.262 e. The summed E-state index contributed by atoms with van der Waals surface area (Å²) in [6, 6.07) is 5.39. The van der Waals surface area contributed by atoms with Gasteiger partial charge in [-0.1, -0.05) is 41.5 Å². The molecule has 29 heavy (non-hydrogen) atoms. The van der Waals surface area contributed by atoms with Crippen molar-refractivity contribution in [3.05, 3.63) is 33.0 Å². The molecule has 1 aromatic heterocycles. The van der Waals surface area contributed by atoms with E-state index >= 15 is 0 Å². The number of carbonyl (C=O) groups excluding carboxylic acids is 1. The second-order valence-electron chi connectivity index (χ2n) is 6.94. The van der Waals surface area contributed by atoms with Gasteiger partial charge < -0.3 is 14.8 Å². The number of carbonyl (C=O) groups is 1. The third kappa shape index (κ3) is 7.73. The zero-order valence-corrected chi connectivity index (χ0v) is 19.5. The van der Waals surface area contributed by atoms with Gasteiger partial charge >= 0.3 is 0 Å². The molecule has 7 nitrogen and oxygen atoms in total. The summed E-state index contributed by atoms with van der Waals surface area (Å²) in [4.78, 5) is 29.6. The van der Waals surface area contributed by atoms with E-state index in [4.69, 9.17) is 9.47 Å². The lowest BCUT2D eigenvalue weighted by molar-refractivity contribution is -0.118. The predicted molar refractivity (Wildman–Crippen MR) is 120 cm³/mol. The van der Waals surface area contributed by atoms with E-state index < -0.39 is 0 Å². The molecule has 0 atom stereocenters. The van der Waals surface area contributed by atoms with Crippen LogP contribution in [0.2, 0.25) is 0 Å². The van der Waals surface area contributed by atoms with Gasteiger partial charge in [0.05, 0.1) is 36.4 Å². The Labute approximate surface area is 183 Å². The number of methoxy groups -OCH3 is 1. The summed E-state index contributed by atoms with van der Waals surface area (Å²) in [5.74, 6) is 0.658. The van der Waals surface area contributed by atoms with Gasteiger partial charge in [0.25, 0.3) is 5.56 Å². The minimum Gasteiger partial charge on any atom is -0.383 e. The third-order valence-corrected chi connectivity index (χ3v) is 5.61. The number of nitrogens with zero attached hydrogens (tertiary/aromatic N) is 2. The highest BCUT2D eigenvalue weighted by molar-refractivity contribution is 9.10. The first-order valence-electron chi connectivity index (χ1n) is 9.58. The second kappa shape index (κ2) is 12.3. The molecule has 160 valence electrons. The van der Waals surface area contributed by atoms with Crippen molar-refractivity contribution < 1.29 is 14.3 Å². The van der Waals surface area contributed by atoms with Crippen LogP contribution >= 0.6 is 27.7 Å². The average Bonchev–Trinajstić information content (AvgIpc) is 2.68. The fraction of sp³-hybridized carbons (Fsp3) is 0.550. The predicted octanol–water partition coefficient (Wildman–Crippen LogP) is 3.08. The molecule has 1 N–H and O–H groups in total. The molecule has 0 saturated heterocycles. The van der Waals surface area contributed by atoms with Gasteiger partial charge in [-0.2, -0.15) is 0 Å². The topological polar surface area (TPSA) is 82.4 Å². The van der Waals surface area contributed by atoms with Gasteiger partial charge in [-0.05, 0) is 30.5 Å². The molecule has 2 aromatic rings. The average molecular weight is 486 g/mol. The maximum absolute atomic E-state index is 12.9. The Morgan fingerprint density at radius 2 is 2.10 bits per heavy atom. The first-order chi connectivity index (χ1) is 13.9. The number of hydrogen-bond acceptors (Lipinski definition) is 6. The lowest BCUT2D eigenvalue weighted by Gasteiger charge is -2.13. The molecule has 2 rings (SSSR count). The van der Waals surface area contributed by atoms with Crippen molar-refractivity contribution in [3.8, 4) is 0 Å². The van der Waals surface area contributed by atoms with Crippen LogP contribution in [-0.2, 0) is 20.8 Å². The number of nitrogens with one attached hydrogen (secondary N) is 1. The number of hydrogen-bond donors (Lipinski definition) is 1. The molecule has 0 spiro atoms. The van der Waals surface area contributed by atoms with Crippen molar-refractivity contribution in [2.24, 2.45) is 5.92 Å². The first-order valence-corrected chi connectivity index (χ1v) is 11.4. The van der Waals surface area contributed by atoms with Crippen molar-refractivity contribution in [1.29, 1.82) is 0 Å². The number of thioether (sulfide) groups is 1. The minimum atomic E-state index is -0.144. The van der Waals surface area contributed by atoms with Crippen LogP contribution < -0.4 is 10.9 Å². The van der Waals surface area contributed by atoms with E-state index in [1.807, 2.05) is 6.07 Å². The van der Waals surface area contributed by atoms with E-state index in [2.05, 4.69) is 40.1 Å². The Kier molecular flexibility index (Phi) is 10.1. The van der Waals surface area contributed by atoms with E-state index in [9.17, 15) is 9.59 Å². The van der Waals surface area contributed by atoms with Gasteiger partial charge in [0.15, 0.2) is 5.16 Å². The van der Waals surface area contributed by atoms with E-state index in [-0.39, 0.29) is 17.2 Å². The monoisotopic (exact) mass is 485 g/mol. The number of benzene rings is 1. The fourth-order valence-corrected chi connectivity index (χ4v) is 3.74. The highest BCUT2D eigenvalue weighted by Crippen LogP contribution is 2.20. The number of aromatic nitrogens is 2. The van der Waals surface area contributed by atoms with Gasteiger partial charge in [-0.15, -0.1) is 0 Å². The van der Waals surface area contributed by atoms with Gasteiger partial charge in [0.2, 0.25) is 5.91 Å². The lowest BCUT2D eigenvalue weighted by atomic mass is 10.1. The van der Waals surface area contributed by atoms with Crippen LogP contribution in [0.25, 0.3) is 10.9 Å². The van der Waals surface area contributed by atoms with Gasteiger partial charge in [0, 0.05) is 24.7 Å². The number of ether oxygens (including phenoxy) is 2. The van der Waals surface area contributed by atoms with Crippen molar-refractivity contribution in [2.45, 2.75) is 32.0 Å². The van der Waals surface area contributed by atoms with Crippen molar-refractivity contribution in [1.82, 2.24) is 14.9 Å². The van der Waals surface area contributed by atoms with Gasteiger partial charge in [-0.25, -0.2) is 4.98 Å². The molecule has 9 heteroatoms. The van der Waals surface area contributed by atoms with Crippen molar-refractivity contribution in [2.75, 3.05) is 39.2 Å². The first kappa shape index (κ1) is 23.9. The van der Waals surface area contributed by atoms with Crippen molar-refractivity contribution in [3.63, 3.8) is 0 Å². The minimum absolute atomic E-state index is 0.120. The molecule has 0 fully saturated rings. The zero-order chi connectivity index (χ0) is 21.2.